The van der Waals surface area contributed by atoms with Crippen molar-refractivity contribution < 1.29 is 22.7 Å². The first-order valence-electron chi connectivity index (χ1n) is 11.9. The highest BCUT2D eigenvalue weighted by atomic mass is 19.4. The van der Waals surface area contributed by atoms with Crippen LogP contribution in [0, 0.1) is 17.3 Å². The molecule has 4 aliphatic rings. The maximum Gasteiger partial charge on any atom is 0.417 e. The van der Waals surface area contributed by atoms with Crippen molar-refractivity contribution >= 4 is 5.91 Å². The number of rotatable bonds is 3. The van der Waals surface area contributed by atoms with E-state index in [4.69, 9.17) is 4.74 Å². The Morgan fingerprint density at radius 1 is 1.34 bits per heavy atom. The number of aromatic nitrogens is 1. The molecule has 2 saturated carbocycles. The topological polar surface area (TPSA) is 54.5 Å². The Morgan fingerprint density at radius 3 is 2.97 bits per heavy atom. The third kappa shape index (κ3) is 3.94. The number of pyridine rings is 1. The molecule has 5 nitrogen and oxygen atoms in total. The molecule has 3 heterocycles. The molecule has 1 amide bonds. The molecule has 3 fully saturated rings. The van der Waals surface area contributed by atoms with Gasteiger partial charge in [-0.1, -0.05) is 13.3 Å². The van der Waals surface area contributed by atoms with Gasteiger partial charge in [-0.2, -0.15) is 13.2 Å². The number of alkyl halides is 3. The first-order chi connectivity index (χ1) is 15.3. The molecule has 1 aromatic rings. The molecule has 0 bridgehead atoms. The number of halogens is 3. The molecule has 1 saturated heterocycles. The molecule has 0 spiro atoms. The summed E-state index contributed by atoms with van der Waals surface area (Å²) in [6.45, 7) is 4.53. The summed E-state index contributed by atoms with van der Waals surface area (Å²) in [7, 11) is 0. The Balaban J connectivity index is 1.31. The second kappa shape index (κ2) is 8.28. The van der Waals surface area contributed by atoms with E-state index in [1.165, 1.54) is 6.07 Å². The van der Waals surface area contributed by atoms with E-state index in [-0.39, 0.29) is 17.9 Å². The molecule has 0 aromatic carbocycles. The van der Waals surface area contributed by atoms with E-state index in [0.29, 0.717) is 48.1 Å². The van der Waals surface area contributed by atoms with Crippen molar-refractivity contribution in [3.63, 3.8) is 0 Å². The van der Waals surface area contributed by atoms with Crippen LogP contribution in [-0.2, 0) is 28.7 Å². The summed E-state index contributed by atoms with van der Waals surface area (Å²) in [5, 5.41) is 3.83. The number of ether oxygens (including phenoxy) is 1. The maximum atomic E-state index is 13.8. The van der Waals surface area contributed by atoms with Crippen LogP contribution in [0.4, 0.5) is 13.2 Å². The number of carbonyl (C=O) groups excluding carboxylic acids is 1. The summed E-state index contributed by atoms with van der Waals surface area (Å²) in [6.07, 6.45) is 2.87. The van der Waals surface area contributed by atoms with Crippen molar-refractivity contribution in [3.8, 4) is 0 Å². The summed E-state index contributed by atoms with van der Waals surface area (Å²) in [6, 6.07) is 1.93. The first-order valence-corrected chi connectivity index (χ1v) is 11.9. The highest BCUT2D eigenvalue weighted by Gasteiger charge is 2.56. The fourth-order valence-corrected chi connectivity index (χ4v) is 6.62. The van der Waals surface area contributed by atoms with Gasteiger partial charge in [0.1, 0.15) is 0 Å². The Hall–Kier alpha value is -1.67. The van der Waals surface area contributed by atoms with Gasteiger partial charge >= 0.3 is 6.18 Å². The fourth-order valence-electron chi connectivity index (χ4n) is 6.62. The van der Waals surface area contributed by atoms with Gasteiger partial charge in [0.15, 0.2) is 0 Å². The van der Waals surface area contributed by atoms with E-state index >= 15 is 0 Å². The summed E-state index contributed by atoms with van der Waals surface area (Å²) in [5.74, 6) is 0.973. The van der Waals surface area contributed by atoms with Gasteiger partial charge in [-0.3, -0.25) is 9.78 Å². The molecule has 1 N–H and O–H groups in total. The van der Waals surface area contributed by atoms with Crippen molar-refractivity contribution in [2.75, 3.05) is 19.8 Å². The van der Waals surface area contributed by atoms with E-state index in [2.05, 4.69) is 17.2 Å². The quantitative estimate of drug-likeness (QED) is 0.756. The largest absolute Gasteiger partial charge is 0.417 e. The highest BCUT2D eigenvalue weighted by molar-refractivity contribution is 5.84. The SMILES string of the molecule is C[C@@H]1COCC[C@H]1N[C@@H]1C[C@H]2CCC[C@@]2(C(=O)N2CCc3ncc(C(F)(F)F)cc3C2)C1. The maximum absolute atomic E-state index is 13.8. The molecule has 5 rings (SSSR count). The number of nitrogens with zero attached hydrogens (tertiary/aromatic N) is 2. The molecule has 32 heavy (non-hydrogen) atoms. The minimum absolute atomic E-state index is 0.146. The number of hydrogen-bond acceptors (Lipinski definition) is 4. The summed E-state index contributed by atoms with van der Waals surface area (Å²) >= 11 is 0. The Labute approximate surface area is 187 Å². The van der Waals surface area contributed by atoms with Gasteiger partial charge in [-0.25, -0.2) is 0 Å². The van der Waals surface area contributed by atoms with Gasteiger partial charge in [-0.15, -0.1) is 0 Å². The van der Waals surface area contributed by atoms with Gasteiger partial charge in [-0.05, 0) is 55.6 Å². The van der Waals surface area contributed by atoms with Crippen LogP contribution >= 0.6 is 0 Å². The normalized spacial score (nSPS) is 34.9. The van der Waals surface area contributed by atoms with Gasteiger partial charge in [0.2, 0.25) is 5.91 Å². The predicted octanol–water partition coefficient (Wildman–Crippen LogP) is 3.95. The van der Waals surface area contributed by atoms with Crippen LogP contribution in [0.5, 0.6) is 0 Å². The molecule has 5 atom stereocenters. The Kier molecular flexibility index (Phi) is 5.73. The third-order valence-corrected chi connectivity index (χ3v) is 8.31. The second-order valence-electron chi connectivity index (χ2n) is 10.3. The van der Waals surface area contributed by atoms with Crippen LogP contribution in [-0.4, -0.2) is 47.6 Å². The van der Waals surface area contributed by atoms with Gasteiger partial charge in [0.05, 0.1) is 17.6 Å². The van der Waals surface area contributed by atoms with Crippen LogP contribution in [0.25, 0.3) is 0 Å². The molecular formula is C24H32F3N3O2. The van der Waals surface area contributed by atoms with Crippen molar-refractivity contribution in [2.24, 2.45) is 17.3 Å². The van der Waals surface area contributed by atoms with Crippen LogP contribution in [0.3, 0.4) is 0 Å². The average Bonchev–Trinajstić information content (AvgIpc) is 3.31. The molecule has 2 aliphatic heterocycles. The minimum Gasteiger partial charge on any atom is -0.381 e. The monoisotopic (exact) mass is 451 g/mol. The van der Waals surface area contributed by atoms with Gasteiger partial charge in [0.25, 0.3) is 0 Å². The second-order valence-corrected chi connectivity index (χ2v) is 10.3. The van der Waals surface area contributed by atoms with Crippen molar-refractivity contribution in [2.45, 2.75) is 76.7 Å². The number of amides is 1. The summed E-state index contributed by atoms with van der Waals surface area (Å²) in [4.78, 5) is 19.7. The van der Waals surface area contributed by atoms with Crippen LogP contribution in [0.1, 0.15) is 62.3 Å². The average molecular weight is 452 g/mol. The van der Waals surface area contributed by atoms with Crippen LogP contribution in [0.2, 0.25) is 0 Å². The summed E-state index contributed by atoms with van der Waals surface area (Å²) < 4.78 is 45.1. The molecule has 8 heteroatoms. The number of hydrogen-bond donors (Lipinski definition) is 1. The first kappa shape index (κ1) is 22.1. The van der Waals surface area contributed by atoms with Crippen LogP contribution < -0.4 is 5.32 Å². The zero-order valence-electron chi connectivity index (χ0n) is 18.6. The van der Waals surface area contributed by atoms with E-state index in [9.17, 15) is 18.0 Å². The number of nitrogens with one attached hydrogen (secondary N) is 1. The predicted molar refractivity (Wildman–Crippen MR) is 113 cm³/mol. The molecular weight excluding hydrogens is 419 g/mol. The lowest BCUT2D eigenvalue weighted by Crippen LogP contribution is -2.48. The number of carbonyl (C=O) groups is 1. The zero-order valence-corrected chi connectivity index (χ0v) is 18.6. The zero-order chi connectivity index (χ0) is 22.5. The molecule has 0 unspecified atom stereocenters. The van der Waals surface area contributed by atoms with Gasteiger partial charge in [0, 0.05) is 50.1 Å². The fraction of sp³-hybridized carbons (Fsp3) is 0.750. The van der Waals surface area contributed by atoms with Crippen molar-refractivity contribution in [3.05, 3.63) is 29.1 Å². The van der Waals surface area contributed by atoms with Crippen LogP contribution in [0.15, 0.2) is 12.3 Å². The highest BCUT2D eigenvalue weighted by Crippen LogP contribution is 2.55. The van der Waals surface area contributed by atoms with Crippen molar-refractivity contribution in [1.29, 1.82) is 0 Å². The molecule has 2 aliphatic carbocycles. The molecule has 0 radical (unpaired) electrons. The smallest absolute Gasteiger partial charge is 0.381 e. The molecule has 1 aromatic heterocycles. The Bertz CT molecular complexity index is 877. The standard InChI is InChI=1S/C24H32F3N3O2/c1-15-14-32-8-5-20(15)29-19-10-17-3-2-6-23(17,11-19)22(31)30-7-4-21-16(13-30)9-18(12-28-21)24(25,26)27/h9,12,15,17,19-20,29H,2-8,10-11,13-14H2,1H3/t15-,17-,19-,20-,23-/m1/s1. The van der Waals surface area contributed by atoms with E-state index < -0.39 is 11.7 Å². The third-order valence-electron chi connectivity index (χ3n) is 8.31. The Morgan fingerprint density at radius 2 is 2.19 bits per heavy atom. The van der Waals surface area contributed by atoms with E-state index in [0.717, 1.165) is 57.9 Å². The van der Waals surface area contributed by atoms with Crippen molar-refractivity contribution in [1.82, 2.24) is 15.2 Å². The minimum atomic E-state index is -4.42. The lowest BCUT2D eigenvalue weighted by Gasteiger charge is -2.38. The molecule has 176 valence electrons. The number of fused-ring (bicyclic) bond motifs is 2. The van der Waals surface area contributed by atoms with Gasteiger partial charge < -0.3 is 15.0 Å². The lowest BCUT2D eigenvalue weighted by molar-refractivity contribution is -0.144. The lowest BCUT2D eigenvalue weighted by atomic mass is 9.78. The summed E-state index contributed by atoms with van der Waals surface area (Å²) in [5.41, 5.74) is 0.118. The van der Waals surface area contributed by atoms with E-state index in [1.807, 2.05) is 4.90 Å². The van der Waals surface area contributed by atoms with E-state index in [1.54, 1.807) is 0 Å².